The van der Waals surface area contributed by atoms with Crippen molar-refractivity contribution in [1.29, 1.82) is 0 Å². The van der Waals surface area contributed by atoms with Gasteiger partial charge in [-0.3, -0.25) is 4.90 Å². The van der Waals surface area contributed by atoms with Gasteiger partial charge < -0.3 is 11.1 Å². The van der Waals surface area contributed by atoms with E-state index in [1.807, 2.05) is 0 Å². The molecule has 1 aliphatic heterocycles. The largest absolute Gasteiger partial charge is 0.386 e. The summed E-state index contributed by atoms with van der Waals surface area (Å²) in [6, 6.07) is 10.6. The highest BCUT2D eigenvalue weighted by molar-refractivity contribution is 5.24. The molecule has 98 valence electrons. The van der Waals surface area contributed by atoms with Crippen LogP contribution in [0.1, 0.15) is 19.4 Å². The number of hydrogen-bond acceptors (Lipinski definition) is 3. The summed E-state index contributed by atoms with van der Waals surface area (Å²) in [5, 5.41) is 3.43. The van der Waals surface area contributed by atoms with Crippen molar-refractivity contribution in [2.24, 2.45) is 5.73 Å². The molecule has 18 heavy (non-hydrogen) atoms. The molecule has 0 fully saturated rings. The van der Waals surface area contributed by atoms with E-state index in [1.165, 1.54) is 11.3 Å². The topological polar surface area (TPSA) is 41.3 Å². The molecule has 1 heterocycles. The van der Waals surface area contributed by atoms with E-state index in [9.17, 15) is 0 Å². The van der Waals surface area contributed by atoms with Crippen LogP contribution in [0.15, 0.2) is 42.1 Å². The second-order valence-electron chi connectivity index (χ2n) is 5.26. The van der Waals surface area contributed by atoms with Crippen molar-refractivity contribution in [3.63, 3.8) is 0 Å². The average Bonchev–Trinajstić information content (AvgIpc) is 2.64. The zero-order valence-corrected chi connectivity index (χ0v) is 11.3. The maximum atomic E-state index is 5.55. The monoisotopic (exact) mass is 245 g/mol. The van der Waals surface area contributed by atoms with Crippen molar-refractivity contribution in [1.82, 2.24) is 10.2 Å². The van der Waals surface area contributed by atoms with Gasteiger partial charge in [-0.15, -0.1) is 0 Å². The standard InChI is InChI=1S/C15H23N3/c1-15(2)14(17-10-9-16)8-11-18(15)12-13-6-4-3-5-7-13/h3-8,17H,9-12,16H2,1-2H3. The molecule has 0 unspecified atom stereocenters. The molecule has 1 aromatic carbocycles. The molecular formula is C15H23N3. The molecule has 0 amide bonds. The molecule has 0 radical (unpaired) electrons. The summed E-state index contributed by atoms with van der Waals surface area (Å²) in [5.41, 5.74) is 8.27. The normalized spacial score (nSPS) is 18.7. The van der Waals surface area contributed by atoms with Crippen LogP contribution in [0.2, 0.25) is 0 Å². The first kappa shape index (κ1) is 13.1. The van der Waals surface area contributed by atoms with Crippen LogP contribution in [0.4, 0.5) is 0 Å². The fourth-order valence-corrected chi connectivity index (χ4v) is 2.41. The number of nitrogens with zero attached hydrogens (tertiary/aromatic N) is 1. The lowest BCUT2D eigenvalue weighted by Crippen LogP contribution is -2.44. The van der Waals surface area contributed by atoms with Gasteiger partial charge >= 0.3 is 0 Å². The van der Waals surface area contributed by atoms with Gasteiger partial charge in [0.15, 0.2) is 0 Å². The number of hydrogen-bond donors (Lipinski definition) is 2. The Morgan fingerprint density at radius 2 is 2.00 bits per heavy atom. The van der Waals surface area contributed by atoms with Gasteiger partial charge in [-0.05, 0) is 25.5 Å². The van der Waals surface area contributed by atoms with E-state index >= 15 is 0 Å². The van der Waals surface area contributed by atoms with Crippen molar-refractivity contribution < 1.29 is 0 Å². The van der Waals surface area contributed by atoms with Crippen LogP contribution in [-0.4, -0.2) is 30.1 Å². The molecule has 3 nitrogen and oxygen atoms in total. The lowest BCUT2D eigenvalue weighted by atomic mass is 10.0. The van der Waals surface area contributed by atoms with E-state index in [0.717, 1.165) is 19.6 Å². The highest BCUT2D eigenvalue weighted by atomic mass is 15.2. The van der Waals surface area contributed by atoms with Crippen molar-refractivity contribution in [2.45, 2.75) is 25.9 Å². The van der Waals surface area contributed by atoms with Gasteiger partial charge in [-0.1, -0.05) is 30.3 Å². The molecule has 0 aliphatic carbocycles. The predicted octanol–water partition coefficient (Wildman–Crippen LogP) is 1.71. The first-order chi connectivity index (χ1) is 8.64. The van der Waals surface area contributed by atoms with Crippen LogP contribution in [0.25, 0.3) is 0 Å². The van der Waals surface area contributed by atoms with E-state index < -0.39 is 0 Å². The van der Waals surface area contributed by atoms with E-state index in [2.05, 4.69) is 60.5 Å². The van der Waals surface area contributed by atoms with Crippen molar-refractivity contribution >= 4 is 0 Å². The van der Waals surface area contributed by atoms with Crippen molar-refractivity contribution in [3.05, 3.63) is 47.7 Å². The van der Waals surface area contributed by atoms with Gasteiger partial charge in [0, 0.05) is 31.9 Å². The quantitative estimate of drug-likeness (QED) is 0.830. The lowest BCUT2D eigenvalue weighted by molar-refractivity contribution is 0.176. The third-order valence-corrected chi connectivity index (χ3v) is 3.64. The summed E-state index contributed by atoms with van der Waals surface area (Å²) >= 11 is 0. The van der Waals surface area contributed by atoms with Gasteiger partial charge in [0.2, 0.25) is 0 Å². The SMILES string of the molecule is CC1(C)C(NCCN)=CCN1Cc1ccccc1. The molecule has 3 N–H and O–H groups in total. The molecule has 1 aliphatic rings. The predicted molar refractivity (Wildman–Crippen MR) is 76.1 cm³/mol. The molecule has 0 saturated carbocycles. The van der Waals surface area contributed by atoms with E-state index in [1.54, 1.807) is 0 Å². The van der Waals surface area contributed by atoms with E-state index in [4.69, 9.17) is 5.73 Å². The van der Waals surface area contributed by atoms with Crippen molar-refractivity contribution in [3.8, 4) is 0 Å². The second-order valence-corrected chi connectivity index (χ2v) is 5.26. The molecule has 0 bridgehead atoms. The second kappa shape index (κ2) is 5.55. The molecule has 0 aromatic heterocycles. The zero-order valence-electron chi connectivity index (χ0n) is 11.3. The van der Waals surface area contributed by atoms with E-state index in [0.29, 0.717) is 6.54 Å². The number of nitrogens with two attached hydrogens (primary N) is 1. The third-order valence-electron chi connectivity index (χ3n) is 3.64. The number of nitrogens with one attached hydrogen (secondary N) is 1. The summed E-state index contributed by atoms with van der Waals surface area (Å²) in [5.74, 6) is 0. The molecule has 0 spiro atoms. The van der Waals surface area contributed by atoms with Gasteiger partial charge in [0.1, 0.15) is 0 Å². The first-order valence-corrected chi connectivity index (χ1v) is 6.58. The molecule has 3 heteroatoms. The van der Waals surface area contributed by atoms with Crippen LogP contribution in [-0.2, 0) is 6.54 Å². The Labute approximate surface area is 110 Å². The summed E-state index contributed by atoms with van der Waals surface area (Å²) in [6.07, 6.45) is 2.28. The van der Waals surface area contributed by atoms with Crippen LogP contribution in [0.5, 0.6) is 0 Å². The Morgan fingerprint density at radius 3 is 2.67 bits per heavy atom. The van der Waals surface area contributed by atoms with Gasteiger partial charge in [-0.25, -0.2) is 0 Å². The Balaban J connectivity index is 2.01. The Hall–Kier alpha value is -1.32. The molecule has 2 rings (SSSR count). The van der Waals surface area contributed by atoms with Crippen LogP contribution in [0.3, 0.4) is 0 Å². The zero-order chi connectivity index (χ0) is 13.0. The summed E-state index contributed by atoms with van der Waals surface area (Å²) in [4.78, 5) is 2.47. The van der Waals surface area contributed by atoms with Crippen LogP contribution < -0.4 is 11.1 Å². The van der Waals surface area contributed by atoms with Gasteiger partial charge in [-0.2, -0.15) is 0 Å². The van der Waals surface area contributed by atoms with Crippen LogP contribution in [0, 0.1) is 0 Å². The maximum Gasteiger partial charge on any atom is 0.0554 e. The highest BCUT2D eigenvalue weighted by Gasteiger charge is 2.34. The Bertz CT molecular complexity index is 409. The first-order valence-electron chi connectivity index (χ1n) is 6.58. The number of benzene rings is 1. The van der Waals surface area contributed by atoms with Crippen molar-refractivity contribution in [2.75, 3.05) is 19.6 Å². The smallest absolute Gasteiger partial charge is 0.0554 e. The fraction of sp³-hybridized carbons (Fsp3) is 0.467. The minimum Gasteiger partial charge on any atom is -0.386 e. The van der Waals surface area contributed by atoms with Gasteiger partial charge in [0.05, 0.1) is 5.54 Å². The minimum atomic E-state index is 0.0605. The summed E-state index contributed by atoms with van der Waals surface area (Å²) < 4.78 is 0. The third kappa shape index (κ3) is 2.74. The Kier molecular flexibility index (Phi) is 4.04. The molecule has 1 aromatic rings. The summed E-state index contributed by atoms with van der Waals surface area (Å²) in [7, 11) is 0. The number of rotatable bonds is 5. The Morgan fingerprint density at radius 1 is 1.28 bits per heavy atom. The highest BCUT2D eigenvalue weighted by Crippen LogP contribution is 2.29. The fourth-order valence-electron chi connectivity index (χ4n) is 2.41. The minimum absolute atomic E-state index is 0.0605. The van der Waals surface area contributed by atoms with Gasteiger partial charge in [0.25, 0.3) is 0 Å². The average molecular weight is 245 g/mol. The molecular weight excluding hydrogens is 222 g/mol. The lowest BCUT2D eigenvalue weighted by Gasteiger charge is -2.35. The summed E-state index contributed by atoms with van der Waals surface area (Å²) in [6.45, 7) is 8.02. The van der Waals surface area contributed by atoms with Crippen LogP contribution >= 0.6 is 0 Å². The molecule has 0 saturated heterocycles. The molecule has 0 atom stereocenters. The van der Waals surface area contributed by atoms with E-state index in [-0.39, 0.29) is 5.54 Å². The maximum absolute atomic E-state index is 5.55.